The number of fused-ring (bicyclic) bond motifs is 1. The number of anilines is 1. The molecule has 1 N–H and O–H groups in total. The number of nitrogens with zero attached hydrogens (tertiary/aromatic N) is 1. The summed E-state index contributed by atoms with van der Waals surface area (Å²) in [5, 5.41) is 3.54. The lowest BCUT2D eigenvalue weighted by molar-refractivity contribution is 0.187. The monoisotopic (exact) mass is 358 g/mol. The van der Waals surface area contributed by atoms with Crippen molar-refractivity contribution in [2.75, 3.05) is 19.5 Å². The fraction of sp³-hybridized carbons (Fsp3) is 0.222. The number of carbonyl (C=O) groups excluding carboxylic acids is 1. The first-order valence-corrected chi connectivity index (χ1v) is 8.42. The van der Waals surface area contributed by atoms with Gasteiger partial charge in [0, 0.05) is 11.8 Å². The molecule has 1 heterocycles. The quantitative estimate of drug-likeness (QED) is 0.733. The molecular formula is C18H18N2O4S. The fourth-order valence-corrected chi connectivity index (χ4v) is 3.18. The number of benzene rings is 2. The molecule has 25 heavy (non-hydrogen) atoms. The molecule has 7 heteroatoms. The van der Waals surface area contributed by atoms with Crippen LogP contribution in [0.5, 0.6) is 11.5 Å². The van der Waals surface area contributed by atoms with E-state index in [1.165, 1.54) is 7.11 Å². The van der Waals surface area contributed by atoms with Gasteiger partial charge in [0.1, 0.15) is 23.1 Å². The molecule has 0 radical (unpaired) electrons. The Bertz CT molecular complexity index is 907. The Labute approximate surface area is 149 Å². The van der Waals surface area contributed by atoms with Gasteiger partial charge in [0.2, 0.25) is 0 Å². The highest BCUT2D eigenvalue weighted by atomic mass is 32.1. The molecule has 0 aliphatic heterocycles. The van der Waals surface area contributed by atoms with Gasteiger partial charge in [-0.1, -0.05) is 0 Å². The van der Waals surface area contributed by atoms with Crippen LogP contribution in [0.4, 0.5) is 10.5 Å². The molecule has 3 rings (SSSR count). The summed E-state index contributed by atoms with van der Waals surface area (Å²) in [6.45, 7) is 2.27. The predicted molar refractivity (Wildman–Crippen MR) is 97.7 cm³/mol. The van der Waals surface area contributed by atoms with Gasteiger partial charge in [-0.05, 0) is 42.8 Å². The molecule has 3 aromatic rings. The van der Waals surface area contributed by atoms with Gasteiger partial charge < -0.3 is 14.2 Å². The van der Waals surface area contributed by atoms with E-state index >= 15 is 0 Å². The maximum Gasteiger partial charge on any atom is 0.411 e. The van der Waals surface area contributed by atoms with Crippen molar-refractivity contribution in [2.45, 2.75) is 13.5 Å². The minimum absolute atomic E-state index is 0.380. The van der Waals surface area contributed by atoms with E-state index in [0.29, 0.717) is 18.0 Å². The standard InChI is InChI=1S/C18H18N2O4S/c1-11-8-13(4-6-14(11)20-18(21)23-3)24-10-17-19-15-9-12(22-2)5-7-16(15)25-17/h4-9H,10H2,1-3H3,(H,20,21). The van der Waals surface area contributed by atoms with E-state index in [9.17, 15) is 4.79 Å². The Morgan fingerprint density at radius 1 is 1.16 bits per heavy atom. The first-order chi connectivity index (χ1) is 12.1. The molecule has 2 aromatic carbocycles. The van der Waals surface area contributed by atoms with Crippen molar-refractivity contribution in [2.24, 2.45) is 0 Å². The van der Waals surface area contributed by atoms with Crippen LogP contribution in [0.15, 0.2) is 36.4 Å². The van der Waals surface area contributed by atoms with Gasteiger partial charge in [0.15, 0.2) is 0 Å². The molecule has 0 fully saturated rings. The number of nitrogens with one attached hydrogen (secondary N) is 1. The lowest BCUT2D eigenvalue weighted by Crippen LogP contribution is -2.11. The van der Waals surface area contributed by atoms with Crippen molar-refractivity contribution in [3.05, 3.63) is 47.0 Å². The van der Waals surface area contributed by atoms with Crippen LogP contribution in [-0.4, -0.2) is 25.3 Å². The number of thiazole rings is 1. The third kappa shape index (κ3) is 4.00. The molecule has 0 aliphatic carbocycles. The average molecular weight is 358 g/mol. The summed E-state index contributed by atoms with van der Waals surface area (Å²) >= 11 is 1.59. The molecule has 0 bridgehead atoms. The van der Waals surface area contributed by atoms with Crippen molar-refractivity contribution in [3.8, 4) is 11.5 Å². The summed E-state index contributed by atoms with van der Waals surface area (Å²) in [6, 6.07) is 11.3. The molecule has 0 unspecified atom stereocenters. The van der Waals surface area contributed by atoms with Crippen molar-refractivity contribution in [3.63, 3.8) is 0 Å². The minimum Gasteiger partial charge on any atom is -0.497 e. The zero-order chi connectivity index (χ0) is 17.8. The van der Waals surface area contributed by atoms with Crippen LogP contribution in [0.2, 0.25) is 0 Å². The lowest BCUT2D eigenvalue weighted by Gasteiger charge is -2.10. The number of ether oxygens (including phenoxy) is 3. The van der Waals surface area contributed by atoms with E-state index in [1.807, 2.05) is 31.2 Å². The molecule has 0 spiro atoms. The normalized spacial score (nSPS) is 10.5. The van der Waals surface area contributed by atoms with E-state index in [2.05, 4.69) is 15.0 Å². The van der Waals surface area contributed by atoms with Gasteiger partial charge in [0.05, 0.1) is 24.4 Å². The van der Waals surface area contributed by atoms with Crippen LogP contribution >= 0.6 is 11.3 Å². The second-order valence-corrected chi connectivity index (χ2v) is 6.44. The van der Waals surface area contributed by atoms with Crippen molar-refractivity contribution in [1.82, 2.24) is 4.98 Å². The zero-order valence-corrected chi connectivity index (χ0v) is 15.0. The van der Waals surface area contributed by atoms with Crippen molar-refractivity contribution >= 4 is 33.3 Å². The Morgan fingerprint density at radius 3 is 2.68 bits per heavy atom. The first-order valence-electron chi connectivity index (χ1n) is 7.61. The molecule has 0 aliphatic rings. The Balaban J connectivity index is 1.69. The van der Waals surface area contributed by atoms with Crippen LogP contribution in [0.3, 0.4) is 0 Å². The number of aromatic nitrogens is 1. The molecule has 6 nitrogen and oxygen atoms in total. The highest BCUT2D eigenvalue weighted by molar-refractivity contribution is 7.18. The van der Waals surface area contributed by atoms with Gasteiger partial charge in [-0.3, -0.25) is 5.32 Å². The van der Waals surface area contributed by atoms with Crippen LogP contribution in [0.1, 0.15) is 10.6 Å². The van der Waals surface area contributed by atoms with Crippen LogP contribution < -0.4 is 14.8 Å². The van der Waals surface area contributed by atoms with E-state index in [-0.39, 0.29) is 0 Å². The fourth-order valence-electron chi connectivity index (χ4n) is 2.32. The topological polar surface area (TPSA) is 69.7 Å². The van der Waals surface area contributed by atoms with Crippen molar-refractivity contribution < 1.29 is 19.0 Å². The number of rotatable bonds is 5. The third-order valence-corrected chi connectivity index (χ3v) is 4.63. The van der Waals surface area contributed by atoms with E-state index in [0.717, 1.165) is 26.5 Å². The predicted octanol–water partition coefficient (Wildman–Crippen LogP) is 4.37. The Hall–Kier alpha value is -2.80. The molecule has 1 aromatic heterocycles. The molecule has 130 valence electrons. The summed E-state index contributed by atoms with van der Waals surface area (Å²) in [4.78, 5) is 15.8. The van der Waals surface area contributed by atoms with Gasteiger partial charge in [-0.25, -0.2) is 9.78 Å². The smallest absolute Gasteiger partial charge is 0.411 e. The Kier molecular flexibility index (Phi) is 5.04. The summed E-state index contributed by atoms with van der Waals surface area (Å²) < 4.78 is 16.7. The average Bonchev–Trinajstić information content (AvgIpc) is 3.03. The maximum absolute atomic E-state index is 11.3. The SMILES string of the molecule is COC(=O)Nc1ccc(OCc2nc3cc(OC)ccc3s2)cc1C. The van der Waals surface area contributed by atoms with Gasteiger partial charge in [-0.2, -0.15) is 0 Å². The van der Waals surface area contributed by atoms with Gasteiger partial charge in [0.25, 0.3) is 0 Å². The number of hydrogen-bond acceptors (Lipinski definition) is 6. The maximum atomic E-state index is 11.3. The molecule has 0 saturated carbocycles. The summed E-state index contributed by atoms with van der Waals surface area (Å²) in [5.74, 6) is 1.50. The second kappa shape index (κ2) is 7.40. The van der Waals surface area contributed by atoms with Crippen molar-refractivity contribution in [1.29, 1.82) is 0 Å². The van der Waals surface area contributed by atoms with Crippen LogP contribution in [0, 0.1) is 6.92 Å². The molecule has 0 saturated heterocycles. The second-order valence-electron chi connectivity index (χ2n) is 5.32. The van der Waals surface area contributed by atoms with Crippen LogP contribution in [-0.2, 0) is 11.3 Å². The lowest BCUT2D eigenvalue weighted by atomic mass is 10.2. The largest absolute Gasteiger partial charge is 0.497 e. The van der Waals surface area contributed by atoms with Gasteiger partial charge >= 0.3 is 6.09 Å². The summed E-state index contributed by atoms with van der Waals surface area (Å²) in [5.41, 5.74) is 2.47. The summed E-state index contributed by atoms with van der Waals surface area (Å²) in [6.07, 6.45) is -0.498. The van der Waals surface area contributed by atoms with Crippen LogP contribution in [0.25, 0.3) is 10.2 Å². The third-order valence-electron chi connectivity index (χ3n) is 3.62. The highest BCUT2D eigenvalue weighted by Gasteiger charge is 2.08. The number of aryl methyl sites for hydroxylation is 1. The van der Waals surface area contributed by atoms with E-state index in [1.54, 1.807) is 30.6 Å². The Morgan fingerprint density at radius 2 is 1.96 bits per heavy atom. The minimum atomic E-state index is -0.498. The number of hydrogen-bond donors (Lipinski definition) is 1. The number of amides is 1. The van der Waals surface area contributed by atoms with E-state index in [4.69, 9.17) is 9.47 Å². The molecule has 1 amide bonds. The molecule has 0 atom stereocenters. The highest BCUT2D eigenvalue weighted by Crippen LogP contribution is 2.27. The number of methoxy groups -OCH3 is 2. The molecular weight excluding hydrogens is 340 g/mol. The first kappa shape index (κ1) is 17.0. The van der Waals surface area contributed by atoms with Gasteiger partial charge in [-0.15, -0.1) is 11.3 Å². The summed E-state index contributed by atoms with van der Waals surface area (Å²) in [7, 11) is 2.97. The number of carbonyl (C=O) groups is 1. The zero-order valence-electron chi connectivity index (χ0n) is 14.2. The van der Waals surface area contributed by atoms with E-state index < -0.39 is 6.09 Å².